The van der Waals surface area contributed by atoms with Crippen molar-refractivity contribution in [3.63, 3.8) is 0 Å². The largest absolute Gasteiger partial charge is 0.380 e. The number of sulfonamides is 1. The molecule has 0 rings (SSSR count). The quantitative estimate of drug-likeness (QED) is 0.554. The molecule has 1 atom stereocenters. The highest BCUT2D eigenvalue weighted by Gasteiger charge is 2.16. The Bertz CT molecular complexity index is 369. The van der Waals surface area contributed by atoms with E-state index in [1.807, 2.05) is 4.72 Å². The average Bonchev–Trinajstić information content (AvgIpc) is 2.36. The van der Waals surface area contributed by atoms with Gasteiger partial charge in [0.05, 0.1) is 12.4 Å². The Kier molecular flexibility index (Phi) is 9.79. The van der Waals surface area contributed by atoms with E-state index in [-0.39, 0.29) is 11.7 Å². The number of carbonyl (C=O) groups excluding carboxylic acids is 1. The van der Waals surface area contributed by atoms with Gasteiger partial charge < -0.3 is 10.1 Å². The smallest absolute Gasteiger partial charge is 0.235 e. The van der Waals surface area contributed by atoms with Crippen LogP contribution in [0.5, 0.6) is 0 Å². The Balaban J connectivity index is 3.66. The number of hydrogen-bond donors (Lipinski definition) is 2. The molecule has 0 saturated heterocycles. The molecule has 0 aromatic carbocycles. The van der Waals surface area contributed by atoms with Crippen LogP contribution in [0.1, 0.15) is 40.5 Å². The van der Waals surface area contributed by atoms with Crippen LogP contribution in [-0.2, 0) is 19.6 Å². The highest BCUT2D eigenvalue weighted by atomic mass is 32.2. The summed E-state index contributed by atoms with van der Waals surface area (Å²) in [5.74, 6) is -0.902. The summed E-state index contributed by atoms with van der Waals surface area (Å²) in [6, 6.07) is 0.463. The maximum atomic E-state index is 11.6. The fourth-order valence-corrected chi connectivity index (χ4v) is 2.44. The maximum Gasteiger partial charge on any atom is 0.235 e. The van der Waals surface area contributed by atoms with Crippen molar-refractivity contribution < 1.29 is 17.9 Å². The second-order valence-corrected chi connectivity index (χ2v) is 7.01. The van der Waals surface area contributed by atoms with Gasteiger partial charge in [-0.05, 0) is 19.8 Å². The van der Waals surface area contributed by atoms with Crippen molar-refractivity contribution in [3.05, 3.63) is 0 Å². The minimum Gasteiger partial charge on any atom is -0.380 e. The second kappa shape index (κ2) is 10.1. The molecule has 20 heavy (non-hydrogen) atoms. The lowest BCUT2D eigenvalue weighted by Crippen LogP contribution is -2.35. The van der Waals surface area contributed by atoms with Crippen LogP contribution in [0.3, 0.4) is 0 Å². The van der Waals surface area contributed by atoms with Gasteiger partial charge in [0.25, 0.3) is 0 Å². The van der Waals surface area contributed by atoms with Gasteiger partial charge in [-0.1, -0.05) is 20.8 Å². The van der Waals surface area contributed by atoms with E-state index in [1.54, 1.807) is 13.8 Å². The summed E-state index contributed by atoms with van der Waals surface area (Å²) in [7, 11) is -3.53. The second-order valence-electron chi connectivity index (χ2n) is 5.17. The van der Waals surface area contributed by atoms with Gasteiger partial charge >= 0.3 is 0 Å². The fourth-order valence-electron chi connectivity index (χ4n) is 1.30. The normalized spacial score (nSPS) is 13.4. The molecular formula is C13H28N2O4S. The van der Waals surface area contributed by atoms with Gasteiger partial charge in [0.15, 0.2) is 0 Å². The number of amides is 1. The zero-order chi connectivity index (χ0) is 15.6. The molecule has 1 unspecified atom stereocenters. The Labute approximate surface area is 122 Å². The third-order valence-electron chi connectivity index (χ3n) is 2.83. The molecule has 0 fully saturated rings. The SMILES string of the molecule is CCC(C)NCCOCCCS(=O)(=O)NC(=O)C(C)C. The van der Waals surface area contributed by atoms with E-state index in [4.69, 9.17) is 4.74 Å². The van der Waals surface area contributed by atoms with E-state index >= 15 is 0 Å². The summed E-state index contributed by atoms with van der Waals surface area (Å²) >= 11 is 0. The zero-order valence-corrected chi connectivity index (χ0v) is 13.8. The number of nitrogens with one attached hydrogen (secondary N) is 2. The first-order valence-electron chi connectivity index (χ1n) is 7.14. The molecule has 2 N–H and O–H groups in total. The van der Waals surface area contributed by atoms with Crippen LogP contribution in [0, 0.1) is 5.92 Å². The topological polar surface area (TPSA) is 84.5 Å². The molecule has 0 saturated carbocycles. The Morgan fingerprint density at radius 2 is 1.85 bits per heavy atom. The van der Waals surface area contributed by atoms with E-state index in [9.17, 15) is 13.2 Å². The average molecular weight is 308 g/mol. The standard InChI is InChI=1S/C13H28N2O4S/c1-5-12(4)14-7-9-19-8-6-10-20(17,18)15-13(16)11(2)3/h11-12,14H,5-10H2,1-4H3,(H,15,16). The summed E-state index contributed by atoms with van der Waals surface area (Å²) in [5, 5.41) is 3.28. The first kappa shape index (κ1) is 19.3. The van der Waals surface area contributed by atoms with E-state index in [1.165, 1.54) is 0 Å². The van der Waals surface area contributed by atoms with E-state index in [2.05, 4.69) is 19.2 Å². The molecule has 0 radical (unpaired) electrons. The van der Waals surface area contributed by atoms with Crippen molar-refractivity contribution in [2.75, 3.05) is 25.5 Å². The Morgan fingerprint density at radius 1 is 1.20 bits per heavy atom. The summed E-state index contributed by atoms with van der Waals surface area (Å²) in [6.07, 6.45) is 1.44. The van der Waals surface area contributed by atoms with Gasteiger partial charge in [0, 0.05) is 25.1 Å². The monoisotopic (exact) mass is 308 g/mol. The van der Waals surface area contributed by atoms with Crippen LogP contribution in [-0.4, -0.2) is 45.9 Å². The van der Waals surface area contributed by atoms with Gasteiger partial charge in [-0.3, -0.25) is 9.52 Å². The highest BCUT2D eigenvalue weighted by molar-refractivity contribution is 7.90. The van der Waals surface area contributed by atoms with Crippen molar-refractivity contribution >= 4 is 15.9 Å². The van der Waals surface area contributed by atoms with Crippen molar-refractivity contribution in [1.82, 2.24) is 10.0 Å². The summed E-state index contributed by atoms with van der Waals surface area (Å²) in [5.41, 5.74) is 0. The van der Waals surface area contributed by atoms with Gasteiger partial charge in [-0.25, -0.2) is 8.42 Å². The number of rotatable bonds is 11. The molecule has 0 heterocycles. The third-order valence-corrected chi connectivity index (χ3v) is 4.17. The third kappa shape index (κ3) is 10.2. The lowest BCUT2D eigenvalue weighted by Gasteiger charge is -2.11. The van der Waals surface area contributed by atoms with Crippen LogP contribution < -0.4 is 10.0 Å². The molecule has 6 nitrogen and oxygen atoms in total. The van der Waals surface area contributed by atoms with Gasteiger partial charge in [0.1, 0.15) is 0 Å². The summed E-state index contributed by atoms with van der Waals surface area (Å²) in [6.45, 7) is 9.20. The predicted octanol–water partition coefficient (Wildman–Crippen LogP) is 0.883. The van der Waals surface area contributed by atoms with Crippen LogP contribution >= 0.6 is 0 Å². The fraction of sp³-hybridized carbons (Fsp3) is 0.923. The molecule has 7 heteroatoms. The van der Waals surface area contributed by atoms with Crippen molar-refractivity contribution in [3.8, 4) is 0 Å². The van der Waals surface area contributed by atoms with E-state index < -0.39 is 15.9 Å². The first-order valence-corrected chi connectivity index (χ1v) is 8.79. The molecule has 0 aromatic heterocycles. The summed E-state index contributed by atoms with van der Waals surface area (Å²) in [4.78, 5) is 11.3. The first-order chi connectivity index (χ1) is 9.28. The van der Waals surface area contributed by atoms with E-state index in [0.717, 1.165) is 13.0 Å². The molecule has 120 valence electrons. The Morgan fingerprint density at radius 3 is 2.40 bits per heavy atom. The highest BCUT2D eigenvalue weighted by Crippen LogP contribution is 1.96. The number of ether oxygens (including phenoxy) is 1. The van der Waals surface area contributed by atoms with Gasteiger partial charge in [-0.15, -0.1) is 0 Å². The van der Waals surface area contributed by atoms with Crippen LogP contribution in [0.4, 0.5) is 0 Å². The zero-order valence-electron chi connectivity index (χ0n) is 12.9. The molecule has 0 aromatic rings. The number of hydrogen-bond acceptors (Lipinski definition) is 5. The minimum atomic E-state index is -3.53. The summed E-state index contributed by atoms with van der Waals surface area (Å²) < 4.78 is 30.5. The van der Waals surface area contributed by atoms with Crippen molar-refractivity contribution in [2.24, 2.45) is 5.92 Å². The predicted molar refractivity (Wildman–Crippen MR) is 80.0 cm³/mol. The van der Waals surface area contributed by atoms with Crippen LogP contribution in [0.25, 0.3) is 0 Å². The number of carbonyl (C=O) groups is 1. The molecule has 1 amide bonds. The molecular weight excluding hydrogens is 280 g/mol. The van der Waals surface area contributed by atoms with Gasteiger partial charge in [-0.2, -0.15) is 0 Å². The minimum absolute atomic E-state index is 0.0930. The lowest BCUT2D eigenvalue weighted by atomic mass is 10.2. The molecule has 0 aliphatic heterocycles. The molecule has 0 aliphatic carbocycles. The lowest BCUT2D eigenvalue weighted by molar-refractivity contribution is -0.122. The van der Waals surface area contributed by atoms with Crippen molar-refractivity contribution in [1.29, 1.82) is 0 Å². The van der Waals surface area contributed by atoms with Crippen molar-refractivity contribution in [2.45, 2.75) is 46.6 Å². The van der Waals surface area contributed by atoms with Crippen LogP contribution in [0.15, 0.2) is 0 Å². The molecule has 0 bridgehead atoms. The van der Waals surface area contributed by atoms with Gasteiger partial charge in [0.2, 0.25) is 15.9 Å². The Hall–Kier alpha value is -0.660. The maximum absolute atomic E-state index is 11.6. The molecule has 0 spiro atoms. The molecule has 0 aliphatic rings. The van der Waals surface area contributed by atoms with Crippen LogP contribution in [0.2, 0.25) is 0 Å². The van der Waals surface area contributed by atoms with E-state index in [0.29, 0.717) is 25.7 Å².